The van der Waals surface area contributed by atoms with E-state index in [2.05, 4.69) is 28.4 Å². The van der Waals surface area contributed by atoms with Crippen molar-refractivity contribution in [2.45, 2.75) is 50.5 Å². The van der Waals surface area contributed by atoms with E-state index in [4.69, 9.17) is 4.74 Å². The molecular weight excluding hydrogens is 326 g/mol. The summed E-state index contributed by atoms with van der Waals surface area (Å²) in [5.41, 5.74) is 0.849. The maximum Gasteiger partial charge on any atom is 0.407 e. The summed E-state index contributed by atoms with van der Waals surface area (Å²) < 4.78 is 4.93. The molecule has 26 heavy (non-hydrogen) atoms. The Kier molecular flexibility index (Phi) is 6.16. The maximum absolute atomic E-state index is 11.4. The molecule has 1 aliphatic heterocycles. The van der Waals surface area contributed by atoms with Crippen LogP contribution in [-0.4, -0.2) is 43.3 Å². The highest BCUT2D eigenvalue weighted by molar-refractivity contribution is 5.67. The Hall–Kier alpha value is -2.06. The highest BCUT2D eigenvalue weighted by Crippen LogP contribution is 2.41. The van der Waals surface area contributed by atoms with Crippen molar-refractivity contribution in [1.29, 1.82) is 5.26 Å². The molecular formula is C21H29N3O2. The predicted molar refractivity (Wildman–Crippen MR) is 101 cm³/mol. The van der Waals surface area contributed by atoms with Crippen LogP contribution in [0.4, 0.5) is 4.79 Å². The Labute approximate surface area is 156 Å². The van der Waals surface area contributed by atoms with Gasteiger partial charge >= 0.3 is 6.09 Å². The van der Waals surface area contributed by atoms with Crippen molar-refractivity contribution in [3.63, 3.8) is 0 Å². The molecule has 2 fully saturated rings. The van der Waals surface area contributed by atoms with Crippen LogP contribution in [0, 0.1) is 17.2 Å². The van der Waals surface area contributed by atoms with Crippen LogP contribution >= 0.6 is 0 Å². The molecule has 0 aromatic heterocycles. The van der Waals surface area contributed by atoms with Gasteiger partial charge in [-0.3, -0.25) is 0 Å². The minimum absolute atomic E-state index is 0.315. The first-order valence-electron chi connectivity index (χ1n) is 9.78. The molecule has 1 aromatic carbocycles. The number of hydrogen-bond acceptors (Lipinski definition) is 4. The SMILES string of the molecule is CCOC(=O)NC[C@H]1CCN(C2CCC(C#N)(c3ccccc3)CC2)C1. The molecule has 1 N–H and O–H groups in total. The van der Waals surface area contributed by atoms with Gasteiger partial charge in [-0.05, 0) is 57.1 Å². The van der Waals surface area contributed by atoms with Crippen molar-refractivity contribution < 1.29 is 9.53 Å². The third kappa shape index (κ3) is 4.19. The number of rotatable bonds is 5. The summed E-state index contributed by atoms with van der Waals surface area (Å²) in [6.07, 6.45) is 4.80. The Morgan fingerprint density at radius 1 is 1.31 bits per heavy atom. The zero-order chi connectivity index (χ0) is 18.4. The van der Waals surface area contributed by atoms with E-state index in [1.807, 2.05) is 25.1 Å². The number of nitrogens with zero attached hydrogens (tertiary/aromatic N) is 2. The number of carbonyl (C=O) groups excluding carboxylic acids is 1. The van der Waals surface area contributed by atoms with Gasteiger partial charge in [0.05, 0.1) is 18.1 Å². The van der Waals surface area contributed by atoms with Crippen LogP contribution in [0.1, 0.15) is 44.6 Å². The number of likely N-dealkylation sites (tertiary alicyclic amines) is 1. The summed E-state index contributed by atoms with van der Waals surface area (Å²) in [7, 11) is 0. The zero-order valence-corrected chi connectivity index (χ0v) is 15.6. The lowest BCUT2D eigenvalue weighted by Gasteiger charge is -2.39. The first kappa shape index (κ1) is 18.7. The van der Waals surface area contributed by atoms with E-state index in [9.17, 15) is 10.1 Å². The summed E-state index contributed by atoms with van der Waals surface area (Å²) in [4.78, 5) is 14.0. The monoisotopic (exact) mass is 355 g/mol. The Bertz CT molecular complexity index is 632. The summed E-state index contributed by atoms with van der Waals surface area (Å²) >= 11 is 0. The minimum Gasteiger partial charge on any atom is -0.450 e. The molecule has 1 saturated carbocycles. The van der Waals surface area contributed by atoms with Crippen LogP contribution in [0.2, 0.25) is 0 Å². The van der Waals surface area contributed by atoms with E-state index in [1.54, 1.807) is 0 Å². The van der Waals surface area contributed by atoms with Gasteiger partial charge in [-0.25, -0.2) is 4.79 Å². The quantitative estimate of drug-likeness (QED) is 0.878. The van der Waals surface area contributed by atoms with Gasteiger partial charge in [-0.2, -0.15) is 5.26 Å². The van der Waals surface area contributed by atoms with Gasteiger partial charge in [-0.1, -0.05) is 30.3 Å². The lowest BCUT2D eigenvalue weighted by Crippen LogP contribution is -2.41. The predicted octanol–water partition coefficient (Wildman–Crippen LogP) is 3.46. The van der Waals surface area contributed by atoms with Crippen molar-refractivity contribution in [2.75, 3.05) is 26.2 Å². The van der Waals surface area contributed by atoms with E-state index in [1.165, 1.54) is 5.56 Å². The fraction of sp³-hybridized carbons (Fsp3) is 0.619. The first-order chi connectivity index (χ1) is 12.7. The van der Waals surface area contributed by atoms with Crippen LogP contribution in [0.3, 0.4) is 0 Å². The molecule has 3 rings (SSSR count). The van der Waals surface area contributed by atoms with Crippen molar-refractivity contribution in [1.82, 2.24) is 10.2 Å². The lowest BCUT2D eigenvalue weighted by atomic mass is 9.69. The second-order valence-electron chi connectivity index (χ2n) is 7.54. The number of ether oxygens (including phenoxy) is 1. The highest BCUT2D eigenvalue weighted by atomic mass is 16.5. The van der Waals surface area contributed by atoms with E-state index < -0.39 is 0 Å². The van der Waals surface area contributed by atoms with Gasteiger partial charge in [0.1, 0.15) is 0 Å². The van der Waals surface area contributed by atoms with Crippen LogP contribution in [0.25, 0.3) is 0 Å². The molecule has 1 amide bonds. The van der Waals surface area contributed by atoms with E-state index in [0.29, 0.717) is 25.1 Å². The van der Waals surface area contributed by atoms with Crippen LogP contribution in [-0.2, 0) is 10.2 Å². The summed E-state index contributed by atoms with van der Waals surface area (Å²) in [6, 6.07) is 13.4. The average Bonchev–Trinajstić information content (AvgIpc) is 3.16. The second-order valence-corrected chi connectivity index (χ2v) is 7.54. The van der Waals surface area contributed by atoms with Crippen LogP contribution < -0.4 is 5.32 Å². The van der Waals surface area contributed by atoms with Crippen LogP contribution in [0.15, 0.2) is 30.3 Å². The molecule has 1 atom stereocenters. The highest BCUT2D eigenvalue weighted by Gasteiger charge is 2.39. The number of nitriles is 1. The fourth-order valence-electron chi connectivity index (χ4n) is 4.45. The summed E-state index contributed by atoms with van der Waals surface area (Å²) in [6.45, 7) is 5.03. The summed E-state index contributed by atoms with van der Waals surface area (Å²) in [5.74, 6) is 0.496. The standard InChI is InChI=1S/C21H29N3O2/c1-2-26-20(25)23-14-17-10-13-24(15-17)19-8-11-21(16-22,12-9-19)18-6-4-3-5-7-18/h3-7,17,19H,2,8-15H2,1H3,(H,23,25)/t17-,19?,21?/m1/s1. The van der Waals surface area contributed by atoms with Gasteiger partial charge in [-0.15, -0.1) is 0 Å². The van der Waals surface area contributed by atoms with Crippen molar-refractivity contribution in [3.8, 4) is 6.07 Å². The Balaban J connectivity index is 1.50. The Morgan fingerprint density at radius 3 is 2.69 bits per heavy atom. The summed E-state index contributed by atoms with van der Waals surface area (Å²) in [5, 5.41) is 12.7. The van der Waals surface area contributed by atoms with Gasteiger partial charge in [0.15, 0.2) is 0 Å². The normalized spacial score (nSPS) is 29.1. The van der Waals surface area contributed by atoms with Crippen molar-refractivity contribution in [2.24, 2.45) is 5.92 Å². The van der Waals surface area contributed by atoms with Crippen molar-refractivity contribution in [3.05, 3.63) is 35.9 Å². The average molecular weight is 355 g/mol. The number of benzene rings is 1. The van der Waals surface area contributed by atoms with Gasteiger partial charge < -0.3 is 15.0 Å². The zero-order valence-electron chi connectivity index (χ0n) is 15.6. The van der Waals surface area contributed by atoms with E-state index in [0.717, 1.165) is 45.2 Å². The number of amides is 1. The molecule has 5 heteroatoms. The largest absolute Gasteiger partial charge is 0.450 e. The topological polar surface area (TPSA) is 65.4 Å². The number of carbonyl (C=O) groups is 1. The molecule has 1 aromatic rings. The maximum atomic E-state index is 11.4. The molecule has 1 saturated heterocycles. The molecule has 0 unspecified atom stereocenters. The van der Waals surface area contributed by atoms with E-state index in [-0.39, 0.29) is 11.5 Å². The second kappa shape index (κ2) is 8.55. The molecule has 1 aliphatic carbocycles. The number of alkyl carbamates (subject to hydrolysis) is 1. The minimum atomic E-state index is -0.317. The van der Waals surface area contributed by atoms with Crippen LogP contribution in [0.5, 0.6) is 0 Å². The third-order valence-corrected chi connectivity index (χ3v) is 5.99. The lowest BCUT2D eigenvalue weighted by molar-refractivity contribution is 0.147. The van der Waals surface area contributed by atoms with Gasteiger partial charge in [0, 0.05) is 19.1 Å². The molecule has 1 heterocycles. The first-order valence-corrected chi connectivity index (χ1v) is 9.78. The molecule has 0 bridgehead atoms. The van der Waals surface area contributed by atoms with Gasteiger partial charge in [0.2, 0.25) is 0 Å². The van der Waals surface area contributed by atoms with Crippen molar-refractivity contribution >= 4 is 6.09 Å². The number of hydrogen-bond donors (Lipinski definition) is 1. The third-order valence-electron chi connectivity index (χ3n) is 5.99. The molecule has 5 nitrogen and oxygen atoms in total. The van der Waals surface area contributed by atoms with Gasteiger partial charge in [0.25, 0.3) is 0 Å². The van der Waals surface area contributed by atoms with E-state index >= 15 is 0 Å². The molecule has 2 aliphatic rings. The molecule has 0 spiro atoms. The molecule has 140 valence electrons. The smallest absolute Gasteiger partial charge is 0.407 e. The number of nitrogens with one attached hydrogen (secondary N) is 1. The Morgan fingerprint density at radius 2 is 2.04 bits per heavy atom. The fourth-order valence-corrected chi connectivity index (χ4v) is 4.45. The molecule has 0 radical (unpaired) electrons.